The lowest BCUT2D eigenvalue weighted by molar-refractivity contribution is 0.102. The lowest BCUT2D eigenvalue weighted by atomic mass is 10.1. The van der Waals surface area contributed by atoms with Gasteiger partial charge in [0, 0.05) is 23.6 Å². The maximum Gasteiger partial charge on any atom is 0.259 e. The fraction of sp³-hybridized carbons (Fsp3) is 0.174. The smallest absolute Gasteiger partial charge is 0.259 e. The number of carbonyl (C=O) groups is 1. The fourth-order valence-corrected chi connectivity index (χ4v) is 5.23. The lowest BCUT2D eigenvalue weighted by Gasteiger charge is -2.21. The Labute approximate surface area is 195 Å². The summed E-state index contributed by atoms with van der Waals surface area (Å²) < 4.78 is 41.0. The quantitative estimate of drug-likeness (QED) is 0.458. The van der Waals surface area contributed by atoms with Gasteiger partial charge >= 0.3 is 0 Å². The van der Waals surface area contributed by atoms with Gasteiger partial charge in [-0.1, -0.05) is 41.9 Å². The number of anilines is 1. The number of nitrogens with one attached hydrogen (secondary N) is 1. The van der Waals surface area contributed by atoms with Gasteiger partial charge in [0.05, 0.1) is 11.3 Å². The van der Waals surface area contributed by atoms with Crippen molar-refractivity contribution >= 4 is 37.5 Å². The first kappa shape index (κ1) is 22.3. The van der Waals surface area contributed by atoms with Gasteiger partial charge in [-0.2, -0.15) is 4.31 Å². The van der Waals surface area contributed by atoms with Crippen molar-refractivity contribution in [3.05, 3.63) is 70.7 Å². The molecule has 1 aliphatic rings. The molecule has 1 heterocycles. The normalized spacial score (nSPS) is 12.9. The molecule has 1 N–H and O–H groups in total. The van der Waals surface area contributed by atoms with E-state index in [-0.39, 0.29) is 35.0 Å². The average molecular weight is 517 g/mol. The summed E-state index contributed by atoms with van der Waals surface area (Å²) in [4.78, 5) is 12.8. The molecule has 3 aromatic rings. The summed E-state index contributed by atoms with van der Waals surface area (Å²) in [6.45, 7) is 4.07. The van der Waals surface area contributed by atoms with E-state index in [0.717, 1.165) is 4.47 Å². The van der Waals surface area contributed by atoms with Gasteiger partial charge in [-0.3, -0.25) is 4.79 Å². The highest BCUT2D eigenvalue weighted by molar-refractivity contribution is 9.10. The predicted octanol–water partition coefficient (Wildman–Crippen LogP) is 5.63. The average Bonchev–Trinajstić information content (AvgIpc) is 2.90. The van der Waals surface area contributed by atoms with E-state index in [4.69, 9.17) is 9.47 Å². The molecular formula is C23H21BrN2O5S. The van der Waals surface area contributed by atoms with E-state index in [1.54, 1.807) is 62.4 Å². The number of nitrogens with zero attached hydrogens (tertiary/aromatic N) is 1. The molecule has 0 bridgehead atoms. The van der Waals surface area contributed by atoms with E-state index >= 15 is 0 Å². The summed E-state index contributed by atoms with van der Waals surface area (Å²) >= 11 is 3.37. The van der Waals surface area contributed by atoms with Crippen molar-refractivity contribution in [2.75, 3.05) is 18.4 Å². The highest BCUT2D eigenvalue weighted by Crippen LogP contribution is 2.42. The van der Waals surface area contributed by atoms with Crippen LogP contribution in [0.5, 0.6) is 23.0 Å². The zero-order valence-electron chi connectivity index (χ0n) is 17.5. The summed E-state index contributed by atoms with van der Waals surface area (Å²) in [5.74, 6) is 0.718. The molecule has 0 saturated carbocycles. The Hall–Kier alpha value is -2.88. The molecule has 0 radical (unpaired) electrons. The molecule has 4 rings (SSSR count). The van der Waals surface area contributed by atoms with Crippen LogP contribution >= 0.6 is 15.9 Å². The molecule has 0 saturated heterocycles. The van der Waals surface area contributed by atoms with Crippen LogP contribution < -0.4 is 14.8 Å². The first-order valence-electron chi connectivity index (χ1n) is 10.0. The number of amides is 1. The monoisotopic (exact) mass is 516 g/mol. The molecule has 9 heteroatoms. The summed E-state index contributed by atoms with van der Waals surface area (Å²) in [7, 11) is -3.93. The third-order valence-electron chi connectivity index (χ3n) is 5.01. The van der Waals surface area contributed by atoms with Crippen LogP contribution in [0.15, 0.2) is 70.0 Å². The van der Waals surface area contributed by atoms with Gasteiger partial charge in [0.2, 0.25) is 10.0 Å². The second-order valence-corrected chi connectivity index (χ2v) is 9.81. The number of hydrogen-bond acceptors (Lipinski definition) is 5. The number of carbonyl (C=O) groups excluding carboxylic acids is 1. The number of benzene rings is 3. The van der Waals surface area contributed by atoms with Crippen LogP contribution in [-0.2, 0) is 10.0 Å². The van der Waals surface area contributed by atoms with E-state index in [2.05, 4.69) is 21.2 Å². The molecule has 0 unspecified atom stereocenters. The number of halogens is 1. The lowest BCUT2D eigenvalue weighted by Crippen LogP contribution is -2.31. The maximum atomic E-state index is 13.4. The van der Waals surface area contributed by atoms with E-state index in [0.29, 0.717) is 17.2 Å². The predicted molar refractivity (Wildman–Crippen MR) is 125 cm³/mol. The molecule has 0 aliphatic carbocycles. The Bertz CT molecular complexity index is 1270. The van der Waals surface area contributed by atoms with Crippen molar-refractivity contribution in [2.45, 2.75) is 18.7 Å². The Morgan fingerprint density at radius 3 is 2.38 bits per heavy atom. The third kappa shape index (κ3) is 4.23. The topological polar surface area (TPSA) is 84.9 Å². The molecule has 1 amide bonds. The Balaban J connectivity index is 1.89. The van der Waals surface area contributed by atoms with E-state index in [9.17, 15) is 13.2 Å². The summed E-state index contributed by atoms with van der Waals surface area (Å²) in [5, 5.41) is 2.77. The van der Waals surface area contributed by atoms with Gasteiger partial charge in [-0.15, -0.1) is 0 Å². The number of hydrogen-bond donors (Lipinski definition) is 1. The first-order valence-corrected chi connectivity index (χ1v) is 12.3. The Kier molecular flexibility index (Phi) is 6.23. The minimum absolute atomic E-state index is 0.0742. The van der Waals surface area contributed by atoms with Crippen LogP contribution in [-0.4, -0.2) is 31.7 Å². The van der Waals surface area contributed by atoms with Crippen LogP contribution in [0.2, 0.25) is 0 Å². The molecule has 0 aromatic heterocycles. The van der Waals surface area contributed by atoms with Crippen molar-refractivity contribution in [3.63, 3.8) is 0 Å². The van der Waals surface area contributed by atoms with Gasteiger partial charge < -0.3 is 14.8 Å². The van der Waals surface area contributed by atoms with Crippen LogP contribution in [0.1, 0.15) is 24.2 Å². The number of sulfonamides is 1. The highest BCUT2D eigenvalue weighted by atomic mass is 79.9. The molecule has 0 atom stereocenters. The summed E-state index contributed by atoms with van der Waals surface area (Å²) in [6.07, 6.45) is 0. The largest absolute Gasteiger partial charge is 0.456 e. The van der Waals surface area contributed by atoms with E-state index < -0.39 is 15.9 Å². The first-order chi connectivity index (χ1) is 15.3. The Morgan fingerprint density at radius 1 is 1.00 bits per heavy atom. The zero-order valence-corrected chi connectivity index (χ0v) is 19.9. The maximum absolute atomic E-state index is 13.4. The summed E-state index contributed by atoms with van der Waals surface area (Å²) in [6, 6.07) is 16.8. The molecular weight excluding hydrogens is 496 g/mol. The fourth-order valence-electron chi connectivity index (χ4n) is 3.38. The molecule has 3 aromatic carbocycles. The second-order valence-electron chi connectivity index (χ2n) is 6.99. The van der Waals surface area contributed by atoms with Crippen molar-refractivity contribution in [1.82, 2.24) is 4.31 Å². The molecule has 1 aliphatic heterocycles. The number of ether oxygens (including phenoxy) is 2. The second kappa shape index (κ2) is 8.93. The summed E-state index contributed by atoms with van der Waals surface area (Å²) in [5.41, 5.74) is 0.604. The van der Waals surface area contributed by atoms with E-state index in [1.807, 2.05) is 0 Å². The van der Waals surface area contributed by atoms with Gasteiger partial charge in [0.1, 0.15) is 16.4 Å². The zero-order chi connectivity index (χ0) is 22.9. The Morgan fingerprint density at radius 2 is 1.69 bits per heavy atom. The SMILES string of the molecule is CCN(CC)S(=O)(=O)c1cc2c(cc1Oc1ccc(Br)cc1)Oc1ccccc1NC2=O. The standard InChI is InChI=1S/C23H21BrN2O5S/c1-3-26(4-2)32(28,29)22-13-17-20(14-21(22)30-16-11-9-15(24)10-12-16)31-19-8-6-5-7-18(19)25-23(17)27/h5-14H,3-4H2,1-2H3,(H,25,27). The van der Waals surface area contributed by atoms with Crippen molar-refractivity contribution in [3.8, 4) is 23.0 Å². The van der Waals surface area contributed by atoms with Gasteiger partial charge in [0.25, 0.3) is 5.91 Å². The van der Waals surface area contributed by atoms with Crippen LogP contribution in [0.25, 0.3) is 0 Å². The van der Waals surface area contributed by atoms with Gasteiger partial charge in [-0.25, -0.2) is 8.42 Å². The van der Waals surface area contributed by atoms with Crippen molar-refractivity contribution in [1.29, 1.82) is 0 Å². The molecule has 0 fully saturated rings. The van der Waals surface area contributed by atoms with Gasteiger partial charge in [-0.05, 0) is 42.5 Å². The third-order valence-corrected chi connectivity index (χ3v) is 7.61. The van der Waals surface area contributed by atoms with Crippen molar-refractivity contribution in [2.24, 2.45) is 0 Å². The van der Waals surface area contributed by atoms with Crippen molar-refractivity contribution < 1.29 is 22.7 Å². The number of para-hydroxylation sites is 2. The van der Waals surface area contributed by atoms with Crippen LogP contribution in [0, 0.1) is 0 Å². The molecule has 166 valence electrons. The number of rotatable bonds is 6. The number of fused-ring (bicyclic) bond motifs is 2. The van der Waals surface area contributed by atoms with E-state index in [1.165, 1.54) is 16.4 Å². The minimum Gasteiger partial charge on any atom is -0.456 e. The molecule has 7 nitrogen and oxygen atoms in total. The minimum atomic E-state index is -3.93. The molecule has 0 spiro atoms. The highest BCUT2D eigenvalue weighted by Gasteiger charge is 2.31. The van der Waals surface area contributed by atoms with Crippen LogP contribution in [0.3, 0.4) is 0 Å². The molecule has 32 heavy (non-hydrogen) atoms. The van der Waals surface area contributed by atoms with Gasteiger partial charge in [0.15, 0.2) is 11.5 Å². The van der Waals surface area contributed by atoms with Crippen LogP contribution in [0.4, 0.5) is 5.69 Å².